The summed E-state index contributed by atoms with van der Waals surface area (Å²) in [5.41, 5.74) is 2.32. The van der Waals surface area contributed by atoms with E-state index in [1.54, 1.807) is 11.1 Å². The minimum absolute atomic E-state index is 0.0889. The van der Waals surface area contributed by atoms with E-state index in [-0.39, 0.29) is 11.8 Å². The fourth-order valence-corrected chi connectivity index (χ4v) is 3.80. The van der Waals surface area contributed by atoms with Gasteiger partial charge in [-0.1, -0.05) is 0 Å². The van der Waals surface area contributed by atoms with Gasteiger partial charge in [0.1, 0.15) is 5.69 Å². The predicted molar refractivity (Wildman–Crippen MR) is 115 cm³/mol. The number of rotatable bonds is 3. The largest absolute Gasteiger partial charge is 0.490 e. The van der Waals surface area contributed by atoms with E-state index in [9.17, 15) is 18.0 Å². The fraction of sp³-hybridized carbons (Fsp3) is 0.429. The number of carbonyl (C=O) groups is 2. The molecule has 0 spiro atoms. The van der Waals surface area contributed by atoms with Crippen molar-refractivity contribution in [1.82, 2.24) is 29.5 Å². The number of aliphatic carboxylic acids is 1. The van der Waals surface area contributed by atoms with Gasteiger partial charge in [-0.25, -0.2) is 19.3 Å². The molecule has 0 saturated carbocycles. The molecule has 5 heterocycles. The number of morpholine rings is 1. The minimum Gasteiger partial charge on any atom is -0.475 e. The Balaban J connectivity index is 0.000000364. The number of nitrogens with zero attached hydrogens (tertiary/aromatic N) is 7. The summed E-state index contributed by atoms with van der Waals surface area (Å²) < 4.78 is 39.0. The summed E-state index contributed by atoms with van der Waals surface area (Å²) in [6.07, 6.45) is 2.39. The molecule has 0 bridgehead atoms. The van der Waals surface area contributed by atoms with Crippen molar-refractivity contribution in [3.8, 4) is 0 Å². The molecular formula is C21H22F3N7O4. The topological polar surface area (TPSA) is 126 Å². The normalized spacial score (nSPS) is 18.3. The number of carboxylic acids is 1. The quantitative estimate of drug-likeness (QED) is 0.579. The van der Waals surface area contributed by atoms with Crippen molar-refractivity contribution in [2.45, 2.75) is 18.5 Å². The second-order valence-corrected chi connectivity index (χ2v) is 7.89. The number of hydrogen-bond donors (Lipinski definition) is 1. The number of ether oxygens (including phenoxy) is 1. The molecule has 11 nitrogen and oxygen atoms in total. The summed E-state index contributed by atoms with van der Waals surface area (Å²) >= 11 is 0. The van der Waals surface area contributed by atoms with E-state index in [2.05, 4.69) is 20.9 Å². The van der Waals surface area contributed by atoms with E-state index in [1.165, 1.54) is 12.4 Å². The number of halogens is 3. The summed E-state index contributed by atoms with van der Waals surface area (Å²) in [6.45, 7) is 4.54. The first-order valence-corrected chi connectivity index (χ1v) is 10.8. The Morgan fingerprint density at radius 1 is 1.11 bits per heavy atom. The van der Waals surface area contributed by atoms with Crippen molar-refractivity contribution in [2.24, 2.45) is 0 Å². The first kappa shape index (κ1) is 24.3. The van der Waals surface area contributed by atoms with E-state index >= 15 is 0 Å². The van der Waals surface area contributed by atoms with Crippen LogP contribution in [0.3, 0.4) is 0 Å². The van der Waals surface area contributed by atoms with Gasteiger partial charge >= 0.3 is 12.1 Å². The zero-order chi connectivity index (χ0) is 25.0. The van der Waals surface area contributed by atoms with Crippen LogP contribution < -0.4 is 4.90 Å². The molecule has 186 valence electrons. The van der Waals surface area contributed by atoms with Gasteiger partial charge in [0.15, 0.2) is 11.5 Å². The number of aromatic nitrogens is 5. The van der Waals surface area contributed by atoms with Crippen molar-refractivity contribution < 1.29 is 32.6 Å². The average molecular weight is 493 g/mol. The number of alkyl halides is 3. The molecule has 35 heavy (non-hydrogen) atoms. The monoisotopic (exact) mass is 493 g/mol. The summed E-state index contributed by atoms with van der Waals surface area (Å²) in [7, 11) is 0. The van der Waals surface area contributed by atoms with Crippen molar-refractivity contribution in [3.05, 3.63) is 48.4 Å². The van der Waals surface area contributed by atoms with Gasteiger partial charge in [0.2, 0.25) is 0 Å². The Labute approximate surface area is 197 Å². The van der Waals surface area contributed by atoms with Crippen LogP contribution in [-0.2, 0) is 9.53 Å². The molecule has 1 unspecified atom stereocenters. The van der Waals surface area contributed by atoms with Crippen LogP contribution in [0.2, 0.25) is 0 Å². The van der Waals surface area contributed by atoms with Crippen LogP contribution in [0.4, 0.5) is 18.9 Å². The lowest BCUT2D eigenvalue weighted by atomic mass is 10.1. The molecule has 1 N–H and O–H groups in total. The van der Waals surface area contributed by atoms with Gasteiger partial charge in [-0.15, -0.1) is 0 Å². The zero-order valence-corrected chi connectivity index (χ0v) is 18.4. The highest BCUT2D eigenvalue weighted by molar-refractivity contribution is 5.92. The van der Waals surface area contributed by atoms with E-state index in [1.807, 2.05) is 16.8 Å². The molecule has 0 aliphatic carbocycles. The maximum atomic E-state index is 12.6. The number of anilines is 1. The summed E-state index contributed by atoms with van der Waals surface area (Å²) in [5, 5.41) is 11.8. The van der Waals surface area contributed by atoms with Crippen molar-refractivity contribution in [1.29, 1.82) is 0 Å². The molecule has 2 aliphatic heterocycles. The standard InChI is InChI=1S/C19H21N7O2.C2HF3O2/c27-19(16-11-20-4-5-21-16)25-6-3-14(12-25)18-22-17-2-1-15(13-26(17)23-18)24-7-9-28-10-8-24;3-2(4,5)1(6)7/h1-2,4-5,11,13-14H,3,6-10,12H2;(H,6,7). The lowest BCUT2D eigenvalue weighted by Gasteiger charge is -2.28. The second-order valence-electron chi connectivity index (χ2n) is 7.89. The highest BCUT2D eigenvalue weighted by Crippen LogP contribution is 2.27. The number of carbonyl (C=O) groups excluding carboxylic acids is 1. The Morgan fingerprint density at radius 2 is 1.86 bits per heavy atom. The first-order chi connectivity index (χ1) is 16.7. The van der Waals surface area contributed by atoms with E-state index in [0.717, 1.165) is 49.9 Å². The Bertz CT molecular complexity index is 1180. The molecule has 14 heteroatoms. The van der Waals surface area contributed by atoms with E-state index in [4.69, 9.17) is 24.7 Å². The van der Waals surface area contributed by atoms with Crippen LogP contribution in [0.15, 0.2) is 36.9 Å². The molecular weight excluding hydrogens is 471 g/mol. The number of pyridine rings is 1. The van der Waals surface area contributed by atoms with Crippen LogP contribution >= 0.6 is 0 Å². The molecule has 2 aliphatic rings. The van der Waals surface area contributed by atoms with Gasteiger partial charge in [0.05, 0.1) is 31.3 Å². The van der Waals surface area contributed by atoms with Crippen LogP contribution in [0.25, 0.3) is 5.65 Å². The Morgan fingerprint density at radius 3 is 2.51 bits per heavy atom. The maximum absolute atomic E-state index is 12.6. The summed E-state index contributed by atoms with van der Waals surface area (Å²) in [5.74, 6) is -1.93. The molecule has 1 amide bonds. The molecule has 2 saturated heterocycles. The molecule has 3 aromatic rings. The number of hydrogen-bond acceptors (Lipinski definition) is 8. The maximum Gasteiger partial charge on any atom is 0.490 e. The third kappa shape index (κ3) is 5.82. The number of amides is 1. The molecule has 5 rings (SSSR count). The zero-order valence-electron chi connectivity index (χ0n) is 18.4. The second kappa shape index (κ2) is 10.2. The van der Waals surface area contributed by atoms with Crippen molar-refractivity contribution in [2.75, 3.05) is 44.3 Å². The molecule has 1 atom stereocenters. The van der Waals surface area contributed by atoms with Crippen LogP contribution in [0.1, 0.15) is 28.7 Å². The van der Waals surface area contributed by atoms with Crippen LogP contribution in [0.5, 0.6) is 0 Å². The summed E-state index contributed by atoms with van der Waals surface area (Å²) in [6, 6.07) is 4.08. The van der Waals surface area contributed by atoms with Gasteiger partial charge in [0.25, 0.3) is 5.91 Å². The molecule has 0 aromatic carbocycles. The van der Waals surface area contributed by atoms with E-state index in [0.29, 0.717) is 18.8 Å². The molecule has 2 fully saturated rings. The highest BCUT2D eigenvalue weighted by atomic mass is 19.4. The minimum atomic E-state index is -5.08. The van der Waals surface area contributed by atoms with Crippen LogP contribution in [-0.4, -0.2) is 92.0 Å². The molecule has 3 aromatic heterocycles. The van der Waals surface area contributed by atoms with E-state index < -0.39 is 12.1 Å². The molecule has 0 radical (unpaired) electrons. The summed E-state index contributed by atoms with van der Waals surface area (Å²) in [4.78, 5) is 38.3. The SMILES string of the molecule is O=C(O)C(F)(F)F.O=C(c1cnccn1)N1CCC(c2nc3ccc(N4CCOCC4)cn3n2)C1. The van der Waals surface area contributed by atoms with Crippen molar-refractivity contribution >= 4 is 23.2 Å². The van der Waals surface area contributed by atoms with Gasteiger partial charge in [0, 0.05) is 44.5 Å². The van der Waals surface area contributed by atoms with Gasteiger partial charge in [-0.3, -0.25) is 9.78 Å². The highest BCUT2D eigenvalue weighted by Gasteiger charge is 2.38. The third-order valence-electron chi connectivity index (χ3n) is 5.57. The average Bonchev–Trinajstić information content (AvgIpc) is 3.51. The lowest BCUT2D eigenvalue weighted by Crippen LogP contribution is -2.36. The lowest BCUT2D eigenvalue weighted by molar-refractivity contribution is -0.192. The van der Waals surface area contributed by atoms with Gasteiger partial charge in [-0.05, 0) is 18.6 Å². The predicted octanol–water partition coefficient (Wildman–Crippen LogP) is 1.62. The van der Waals surface area contributed by atoms with Crippen LogP contribution in [0, 0.1) is 0 Å². The van der Waals surface area contributed by atoms with Gasteiger partial charge in [-0.2, -0.15) is 18.3 Å². The smallest absolute Gasteiger partial charge is 0.475 e. The fourth-order valence-electron chi connectivity index (χ4n) is 3.80. The number of carboxylic acid groups (broad SMARTS) is 1. The van der Waals surface area contributed by atoms with Crippen molar-refractivity contribution in [3.63, 3.8) is 0 Å². The first-order valence-electron chi connectivity index (χ1n) is 10.8. The number of fused-ring (bicyclic) bond motifs is 1. The third-order valence-corrected chi connectivity index (χ3v) is 5.57. The van der Waals surface area contributed by atoms with Gasteiger partial charge < -0.3 is 19.6 Å². The Hall–Kier alpha value is -3.81. The number of likely N-dealkylation sites (tertiary alicyclic amines) is 1. The Kier molecular flexibility index (Phi) is 7.10.